The maximum absolute atomic E-state index is 13.0. The summed E-state index contributed by atoms with van der Waals surface area (Å²) in [6.45, 7) is 3.81. The first-order valence-electron chi connectivity index (χ1n) is 10.5. The van der Waals surface area contributed by atoms with Crippen molar-refractivity contribution in [3.63, 3.8) is 0 Å². The number of ketones is 1. The van der Waals surface area contributed by atoms with Gasteiger partial charge in [0.25, 0.3) is 5.56 Å². The van der Waals surface area contributed by atoms with Crippen molar-refractivity contribution in [2.24, 2.45) is 0 Å². The smallest absolute Gasteiger partial charge is 0.338 e. The van der Waals surface area contributed by atoms with Crippen LogP contribution in [0.5, 0.6) is 5.88 Å². The third-order valence-corrected chi connectivity index (χ3v) is 5.17. The largest absolute Gasteiger partial charge is 0.472 e. The first-order valence-corrected chi connectivity index (χ1v) is 10.5. The summed E-state index contributed by atoms with van der Waals surface area (Å²) in [5.41, 5.74) is 2.51. The third kappa shape index (κ3) is 4.52. The molecule has 166 valence electrons. The van der Waals surface area contributed by atoms with Gasteiger partial charge in [0, 0.05) is 17.3 Å². The van der Waals surface area contributed by atoms with Crippen molar-refractivity contribution in [1.82, 2.24) is 9.38 Å². The fourth-order valence-electron chi connectivity index (χ4n) is 3.42. The molecular formula is C26H22N2O5. The quantitative estimate of drug-likeness (QED) is 0.318. The topological polar surface area (TPSA) is 87.0 Å². The van der Waals surface area contributed by atoms with Gasteiger partial charge in [-0.2, -0.15) is 4.98 Å². The molecule has 7 heteroatoms. The summed E-state index contributed by atoms with van der Waals surface area (Å²) < 4.78 is 12.3. The number of hydrogen-bond donors (Lipinski definition) is 0. The lowest BCUT2D eigenvalue weighted by molar-refractivity contribution is 0.0523. The summed E-state index contributed by atoms with van der Waals surface area (Å²) in [6.07, 6.45) is 1.66. The molecule has 33 heavy (non-hydrogen) atoms. The molecule has 2 aromatic carbocycles. The summed E-state index contributed by atoms with van der Waals surface area (Å²) in [5.74, 6) is -0.526. The van der Waals surface area contributed by atoms with Crippen molar-refractivity contribution in [2.75, 3.05) is 6.61 Å². The summed E-state index contributed by atoms with van der Waals surface area (Å²) in [7, 11) is 0. The molecule has 0 bridgehead atoms. The minimum atomic E-state index is -0.527. The van der Waals surface area contributed by atoms with E-state index in [2.05, 4.69) is 4.98 Å². The van der Waals surface area contributed by atoms with Gasteiger partial charge in [-0.25, -0.2) is 4.79 Å². The normalized spacial score (nSPS) is 10.7. The summed E-state index contributed by atoms with van der Waals surface area (Å²) in [4.78, 5) is 42.1. The maximum atomic E-state index is 13.0. The van der Waals surface area contributed by atoms with E-state index in [1.165, 1.54) is 4.40 Å². The Kier molecular flexibility index (Phi) is 6.31. The molecule has 0 aliphatic carbocycles. The van der Waals surface area contributed by atoms with Crippen LogP contribution in [0.25, 0.3) is 5.65 Å². The molecule has 0 aliphatic rings. The van der Waals surface area contributed by atoms with Crippen LogP contribution in [0.1, 0.15) is 44.3 Å². The van der Waals surface area contributed by atoms with Crippen molar-refractivity contribution < 1.29 is 19.1 Å². The molecule has 2 aromatic heterocycles. The molecule has 0 radical (unpaired) electrons. The van der Waals surface area contributed by atoms with Gasteiger partial charge in [0.15, 0.2) is 5.78 Å². The van der Waals surface area contributed by atoms with E-state index in [-0.39, 0.29) is 41.6 Å². The van der Waals surface area contributed by atoms with E-state index >= 15 is 0 Å². The lowest BCUT2D eigenvalue weighted by Crippen LogP contribution is -2.19. The predicted molar refractivity (Wildman–Crippen MR) is 123 cm³/mol. The van der Waals surface area contributed by atoms with Gasteiger partial charge >= 0.3 is 5.97 Å². The molecule has 0 saturated carbocycles. The van der Waals surface area contributed by atoms with Crippen LogP contribution in [-0.2, 0) is 11.3 Å². The van der Waals surface area contributed by atoms with Crippen LogP contribution in [0.2, 0.25) is 0 Å². The highest BCUT2D eigenvalue weighted by atomic mass is 16.5. The zero-order valence-electron chi connectivity index (χ0n) is 18.3. The van der Waals surface area contributed by atoms with E-state index in [1.54, 1.807) is 86.8 Å². The first kappa shape index (κ1) is 22.0. The number of rotatable bonds is 7. The molecule has 0 unspecified atom stereocenters. The van der Waals surface area contributed by atoms with Crippen LogP contribution in [0.3, 0.4) is 0 Å². The minimum absolute atomic E-state index is 0.184. The molecule has 0 fully saturated rings. The fraction of sp³-hybridized carbons (Fsp3) is 0.154. The summed E-state index contributed by atoms with van der Waals surface area (Å²) in [6, 6.07) is 18.8. The predicted octanol–water partition coefficient (Wildman–Crippen LogP) is 3.99. The highest BCUT2D eigenvalue weighted by Crippen LogP contribution is 2.18. The Balaban J connectivity index is 1.52. The SMILES string of the molecule is CCOC(=O)c1ccccc1C(=O)c1ccc(COc2nc3ccccn3c(=O)c2C)cc1. The number of carbonyl (C=O) groups is 2. The van der Waals surface area contributed by atoms with Gasteiger partial charge in [-0.15, -0.1) is 0 Å². The van der Waals surface area contributed by atoms with Gasteiger partial charge in [0.05, 0.1) is 17.7 Å². The van der Waals surface area contributed by atoms with E-state index in [4.69, 9.17) is 9.47 Å². The van der Waals surface area contributed by atoms with Crippen LogP contribution in [0.4, 0.5) is 0 Å². The van der Waals surface area contributed by atoms with Gasteiger partial charge in [-0.3, -0.25) is 14.0 Å². The Morgan fingerprint density at radius 2 is 1.64 bits per heavy atom. The van der Waals surface area contributed by atoms with Gasteiger partial charge in [-0.05, 0) is 37.6 Å². The number of aromatic nitrogens is 2. The fourth-order valence-corrected chi connectivity index (χ4v) is 3.42. The molecule has 4 rings (SSSR count). The Hall–Kier alpha value is -4.26. The monoisotopic (exact) mass is 442 g/mol. The number of hydrogen-bond acceptors (Lipinski definition) is 6. The van der Waals surface area contributed by atoms with Crippen molar-refractivity contribution in [3.8, 4) is 5.88 Å². The molecule has 0 amide bonds. The number of benzene rings is 2. The van der Waals surface area contributed by atoms with Crippen LogP contribution >= 0.6 is 0 Å². The molecule has 7 nitrogen and oxygen atoms in total. The second-order valence-electron chi connectivity index (χ2n) is 7.36. The lowest BCUT2D eigenvalue weighted by atomic mass is 9.98. The molecule has 0 atom stereocenters. The number of fused-ring (bicyclic) bond motifs is 1. The Bertz CT molecular complexity index is 1390. The Labute approximate surface area is 190 Å². The van der Waals surface area contributed by atoms with Crippen LogP contribution in [0.15, 0.2) is 77.7 Å². The summed E-state index contributed by atoms with van der Waals surface area (Å²) in [5, 5.41) is 0. The molecule has 4 aromatic rings. The van der Waals surface area contributed by atoms with Crippen LogP contribution < -0.4 is 10.3 Å². The molecule has 0 spiro atoms. The van der Waals surface area contributed by atoms with Crippen LogP contribution in [-0.4, -0.2) is 27.7 Å². The van der Waals surface area contributed by atoms with Gasteiger partial charge in [0.1, 0.15) is 12.3 Å². The van der Waals surface area contributed by atoms with Gasteiger partial charge in [0.2, 0.25) is 5.88 Å². The molecular weight excluding hydrogens is 420 g/mol. The molecule has 0 aliphatic heterocycles. The standard InChI is InChI=1S/C26H22N2O5/c1-3-32-26(31)21-9-5-4-8-20(21)23(29)19-13-11-18(12-14-19)16-33-24-17(2)25(30)28-15-7-6-10-22(28)27-24/h4-15H,3,16H2,1-2H3. The number of nitrogens with zero attached hydrogens (tertiary/aromatic N) is 2. The second kappa shape index (κ2) is 9.48. The van der Waals surface area contributed by atoms with Crippen LogP contribution in [0, 0.1) is 6.92 Å². The maximum Gasteiger partial charge on any atom is 0.338 e. The highest BCUT2D eigenvalue weighted by Gasteiger charge is 2.19. The average Bonchev–Trinajstić information content (AvgIpc) is 2.85. The molecule has 0 N–H and O–H groups in total. The van der Waals surface area contributed by atoms with Crippen molar-refractivity contribution in [3.05, 3.63) is 111 Å². The van der Waals surface area contributed by atoms with E-state index in [1.807, 2.05) is 0 Å². The Morgan fingerprint density at radius 3 is 2.36 bits per heavy atom. The first-order chi connectivity index (χ1) is 16.0. The van der Waals surface area contributed by atoms with E-state index in [0.717, 1.165) is 5.56 Å². The zero-order chi connectivity index (χ0) is 23.4. The van der Waals surface area contributed by atoms with E-state index in [0.29, 0.717) is 16.8 Å². The number of ether oxygens (including phenoxy) is 2. The minimum Gasteiger partial charge on any atom is -0.472 e. The summed E-state index contributed by atoms with van der Waals surface area (Å²) >= 11 is 0. The molecule has 0 saturated heterocycles. The number of carbonyl (C=O) groups excluding carboxylic acids is 2. The average molecular weight is 442 g/mol. The number of esters is 1. The van der Waals surface area contributed by atoms with Crippen molar-refractivity contribution in [2.45, 2.75) is 20.5 Å². The Morgan fingerprint density at radius 1 is 0.939 bits per heavy atom. The van der Waals surface area contributed by atoms with E-state index < -0.39 is 5.97 Å². The lowest BCUT2D eigenvalue weighted by Gasteiger charge is -2.11. The van der Waals surface area contributed by atoms with Gasteiger partial charge in [-0.1, -0.05) is 48.5 Å². The number of pyridine rings is 1. The van der Waals surface area contributed by atoms with Crippen molar-refractivity contribution in [1.29, 1.82) is 0 Å². The highest BCUT2D eigenvalue weighted by molar-refractivity contribution is 6.14. The third-order valence-electron chi connectivity index (χ3n) is 5.17. The van der Waals surface area contributed by atoms with Gasteiger partial charge < -0.3 is 9.47 Å². The second-order valence-corrected chi connectivity index (χ2v) is 7.36. The van der Waals surface area contributed by atoms with E-state index in [9.17, 15) is 14.4 Å². The zero-order valence-corrected chi connectivity index (χ0v) is 18.3. The van der Waals surface area contributed by atoms with Crippen molar-refractivity contribution >= 4 is 17.4 Å². The molecule has 2 heterocycles.